The molecule has 2 atom stereocenters. The second-order valence-electron chi connectivity index (χ2n) is 31.1. The zero-order chi connectivity index (χ0) is 70.7. The second-order valence-corrected chi connectivity index (χ2v) is 51.2. The van der Waals surface area contributed by atoms with Gasteiger partial charge in [0.1, 0.15) is 23.0 Å². The van der Waals surface area contributed by atoms with E-state index in [2.05, 4.69) is 93.0 Å². The van der Waals surface area contributed by atoms with Crippen molar-refractivity contribution in [2.45, 2.75) is 124 Å². The molecule has 10 bridgehead atoms. The molecule has 6 N–H and O–H groups in total. The molecule has 19 heteroatoms. The van der Waals surface area contributed by atoms with E-state index >= 15 is 0 Å². The number of fused-ring (bicyclic) bond motifs is 11. The van der Waals surface area contributed by atoms with Gasteiger partial charge in [-0.1, -0.05) is 98.6 Å². The van der Waals surface area contributed by atoms with Gasteiger partial charge in [0.15, 0.2) is 0 Å². The maximum absolute atomic E-state index is 11.0. The van der Waals surface area contributed by atoms with E-state index in [0.717, 1.165) is 158 Å². The number of aliphatic carboxylic acids is 2. The van der Waals surface area contributed by atoms with Gasteiger partial charge in [-0.2, -0.15) is 0 Å². The van der Waals surface area contributed by atoms with E-state index in [1.165, 1.54) is 74.1 Å². The fourth-order valence-electron chi connectivity index (χ4n) is 15.6. The molecule has 19 rings (SSSR count). The minimum absolute atomic E-state index is 0.114. The van der Waals surface area contributed by atoms with E-state index in [0.29, 0.717) is 56.6 Å². The SMILES string of the molecule is CC(C)(C)[Si](C)(C)Oc1ccc(B(O)O)cc1C1=CN2CCC1CC2.O=C(O)/C=C/c1ccc(-c2ccc(O)c(C3=CC4CCC3C4)c2)c(Cl)c1.O=C(O)/C=C/c1ccc(-c2ccc(O)c(C3=CN4CCC3CC4)c2)c(Cl)c1.O=C1CN2CCC1CC2.[CH3][Sn]([CH3])([CH3])[C]1=CN2CCC1CC2. The average Bonchev–Trinajstić information content (AvgIpc) is 1.64. The number of carboxylic acids is 2. The number of Topliss-reactive ketones (excluding diaryl/α,β-unsaturated/α-hetero) is 1. The average molecular weight is 1510 g/mol. The Morgan fingerprint density at radius 1 is 0.556 bits per heavy atom. The summed E-state index contributed by atoms with van der Waals surface area (Å²) in [6, 6.07) is 27.7. The Kier molecular flexibility index (Phi) is 23.4. The van der Waals surface area contributed by atoms with Crippen LogP contribution in [0.25, 0.3) is 51.1 Å². The summed E-state index contributed by atoms with van der Waals surface area (Å²) in [4.78, 5) is 49.4. The Hall–Kier alpha value is -6.51. The molecule has 2 aliphatic carbocycles. The summed E-state index contributed by atoms with van der Waals surface area (Å²) in [5.41, 5.74) is 12.1. The van der Waals surface area contributed by atoms with Crippen LogP contribution in [0.4, 0.5) is 0 Å². The Balaban J connectivity index is 0.000000131. The first-order chi connectivity index (χ1) is 47.0. The minimum atomic E-state index is -1.97. The summed E-state index contributed by atoms with van der Waals surface area (Å²) < 4.78 is 8.50. The molecule has 2 unspecified atom stereocenters. The van der Waals surface area contributed by atoms with Crippen molar-refractivity contribution in [1.82, 2.24) is 19.6 Å². The van der Waals surface area contributed by atoms with Gasteiger partial charge in [-0.25, -0.2) is 9.59 Å². The fourth-order valence-corrected chi connectivity index (χ4v) is 23.2. The Morgan fingerprint density at radius 2 is 1.03 bits per heavy atom. The number of carbonyl (C=O) groups is 3. The predicted octanol–water partition coefficient (Wildman–Crippen LogP) is 16.1. The summed E-state index contributed by atoms with van der Waals surface area (Å²) in [7, 11) is -3.43. The molecule has 5 aromatic rings. The number of piperidine rings is 6. The number of halogens is 2. The molecule has 14 nitrogen and oxygen atoms in total. The molecule has 7 fully saturated rings. The Morgan fingerprint density at radius 3 is 1.38 bits per heavy atom. The van der Waals surface area contributed by atoms with Crippen molar-refractivity contribution >= 4 is 109 Å². The van der Waals surface area contributed by atoms with Gasteiger partial charge in [-0.3, -0.25) is 9.69 Å². The van der Waals surface area contributed by atoms with Crippen LogP contribution in [0.3, 0.4) is 0 Å². The number of carboxylic acid groups (broad SMARTS) is 2. The van der Waals surface area contributed by atoms with Gasteiger partial charge in [0, 0.05) is 94.5 Å². The van der Waals surface area contributed by atoms with E-state index < -0.39 is 45.8 Å². The molecule has 12 aliphatic heterocycles. The summed E-state index contributed by atoms with van der Waals surface area (Å²) >= 11 is 11.2. The van der Waals surface area contributed by atoms with Gasteiger partial charge < -0.3 is 44.7 Å². The zero-order valence-electron chi connectivity index (χ0n) is 58.8. The topological polar surface area (TPSA) is 195 Å². The van der Waals surface area contributed by atoms with Gasteiger partial charge in [0.25, 0.3) is 8.32 Å². The predicted molar refractivity (Wildman–Crippen MR) is 408 cm³/mol. The monoisotopic (exact) mass is 1500 g/mol. The van der Waals surface area contributed by atoms with E-state index in [9.17, 15) is 34.6 Å². The second kappa shape index (κ2) is 31.4. The van der Waals surface area contributed by atoms with Crippen LogP contribution in [0.2, 0.25) is 43.0 Å². The number of carbonyl (C=O) groups excluding carboxylic acids is 1. The third kappa shape index (κ3) is 18.0. The number of hydrogen-bond donors (Lipinski definition) is 6. The number of allylic oxidation sites excluding steroid dienone is 5. The van der Waals surface area contributed by atoms with Crippen LogP contribution in [0.5, 0.6) is 17.2 Å². The van der Waals surface area contributed by atoms with Crippen molar-refractivity contribution in [3.63, 3.8) is 0 Å². The number of rotatable bonds is 13. The first-order valence-electron chi connectivity index (χ1n) is 35.7. The first kappa shape index (κ1) is 73.7. The number of phenols is 2. The molecule has 5 aromatic carbocycles. The van der Waals surface area contributed by atoms with Gasteiger partial charge in [-0.15, -0.1) is 0 Å². The van der Waals surface area contributed by atoms with Crippen LogP contribution in [-0.4, -0.2) is 161 Å². The summed E-state index contributed by atoms with van der Waals surface area (Å²) in [5, 5.41) is 58.7. The van der Waals surface area contributed by atoms with Crippen molar-refractivity contribution in [1.29, 1.82) is 0 Å². The normalized spacial score (nSPS) is 21.6. The molecular weight excluding hydrogens is 1410 g/mol. The van der Waals surface area contributed by atoms with Crippen LogP contribution in [0, 0.1) is 35.5 Å². The molecule has 99 heavy (non-hydrogen) atoms. The van der Waals surface area contributed by atoms with Gasteiger partial charge in [0.05, 0.1) is 6.54 Å². The quantitative estimate of drug-likeness (QED) is 0.0481. The van der Waals surface area contributed by atoms with Crippen LogP contribution in [-0.2, 0) is 14.4 Å². The molecule has 1 saturated carbocycles. The van der Waals surface area contributed by atoms with E-state index in [-0.39, 0.29) is 10.8 Å². The molecule has 0 amide bonds. The number of ketones is 1. The third-order valence-corrected chi connectivity index (χ3v) is 33.8. The molecule has 6 saturated heterocycles. The number of hydrogen-bond acceptors (Lipinski definition) is 12. The fraction of sp³-hybridized carbons (Fsp3) is 0.438. The molecule has 0 radical (unpaired) electrons. The number of benzene rings is 5. The molecule has 14 aliphatic rings. The molecule has 524 valence electrons. The van der Waals surface area contributed by atoms with Gasteiger partial charge >= 0.3 is 98.8 Å². The van der Waals surface area contributed by atoms with Crippen molar-refractivity contribution in [3.8, 4) is 39.5 Å². The third-order valence-electron chi connectivity index (χ3n) is 22.3. The van der Waals surface area contributed by atoms with Crippen LogP contribution < -0.4 is 9.89 Å². The first-order valence-corrected chi connectivity index (χ1v) is 49.3. The summed E-state index contributed by atoms with van der Waals surface area (Å²) in [5.74, 6) is 3.65. The maximum atomic E-state index is 11.0. The zero-order valence-corrected chi connectivity index (χ0v) is 64.2. The van der Waals surface area contributed by atoms with Gasteiger partial charge in [-0.05, 0) is 212 Å². The van der Waals surface area contributed by atoms with E-state index in [1.54, 1.807) is 30.3 Å². The van der Waals surface area contributed by atoms with Crippen LogP contribution in [0.1, 0.15) is 119 Å². The van der Waals surface area contributed by atoms with Gasteiger partial charge in [0.2, 0.25) is 0 Å². The Labute approximate surface area is 601 Å². The number of aromatic hydroxyl groups is 2. The number of phenolic OH excluding ortho intramolecular Hbond substituents is 2. The van der Waals surface area contributed by atoms with E-state index in [4.69, 9.17) is 37.8 Å². The van der Waals surface area contributed by atoms with Crippen molar-refractivity contribution < 1.29 is 49.3 Å². The van der Waals surface area contributed by atoms with Crippen molar-refractivity contribution in [2.75, 3.05) is 58.9 Å². The molecule has 0 aromatic heterocycles. The number of nitrogens with zero attached hydrogens (tertiary/aromatic N) is 4. The summed E-state index contributed by atoms with van der Waals surface area (Å²) in [6.07, 6.45) is 27.8. The van der Waals surface area contributed by atoms with Crippen molar-refractivity contribution in [2.24, 2.45) is 35.5 Å². The molecule has 0 spiro atoms. The molecule has 12 heterocycles. The van der Waals surface area contributed by atoms with Crippen LogP contribution in [0.15, 0.2) is 131 Å². The van der Waals surface area contributed by atoms with Crippen molar-refractivity contribution in [3.05, 3.63) is 169 Å². The van der Waals surface area contributed by atoms with Crippen LogP contribution >= 0.6 is 23.2 Å². The summed E-state index contributed by atoms with van der Waals surface area (Å²) in [6.45, 7) is 21.3. The Bertz CT molecular complexity index is 4010. The standard InChI is InChI=1S/C22H20ClNO3.C22H19ClO3.C19H30BNO3Si.C7H11NO.C7H10N.3CH3.Sn/c23-20-11-14(2-6-22(26)27)1-4-17(20)16-3-5-21(25)18(12-16)19-13-24-9-7-15(19)8-10-24;23-20-11-13(3-8-22(25)26)2-6-17(20)16-5-7-21(24)19(12-16)18-10-14-1-4-15(18)9-14;1-19(2,3)25(4,5)24-18-7-6-15(20(22)23)12-16(18)17-13-21-10-8-14(17)9-11-21;9-7-5-8-3-1-6(7)2-4-8;1-4-8-5-2-7(1)3-6-8;;;;/h1-6,11-13,15,25H,7-10H2,(H,26,27);2-3,5-8,10-12,14-15,24H,1,4,9H2,(H,25,26);6-7,12-14,22-23H,8-11H2,1-5H3;6H,1-5H2;6-7H,1-2,4-5H2;3*1H3;/b6-2+;8-3+;;;;;;;. The molecular formula is C80H99BCl2N4O10SiSn. The van der Waals surface area contributed by atoms with E-state index in [1.807, 2.05) is 64.3 Å².